The van der Waals surface area contributed by atoms with Crippen LogP contribution in [0.4, 0.5) is 5.69 Å². The van der Waals surface area contributed by atoms with E-state index in [4.69, 9.17) is 4.74 Å². The number of morpholine rings is 1. The normalized spacial score (nSPS) is 21.0. The molecule has 2 fully saturated rings. The number of carbonyl (C=O) groups is 1. The zero-order chi connectivity index (χ0) is 25.4. The van der Waals surface area contributed by atoms with Crippen LogP contribution in [0.2, 0.25) is 0 Å². The van der Waals surface area contributed by atoms with Crippen LogP contribution in [0.15, 0.2) is 42.5 Å². The molecular weight excluding hydrogens is 462 g/mol. The smallest absolute Gasteiger partial charge is 0.335 e. The van der Waals surface area contributed by atoms with E-state index in [1.165, 1.54) is 60.0 Å². The molecule has 1 aromatic heterocycles. The van der Waals surface area contributed by atoms with E-state index in [9.17, 15) is 9.90 Å². The summed E-state index contributed by atoms with van der Waals surface area (Å²) in [6, 6.07) is 14.7. The number of hydrogen-bond donors (Lipinski definition) is 1. The molecular formula is C31H39N3O3. The standard InChI is InChI=1S/C31H39N3O3/c1-2-24-21-32(18-19-37-24)14-15-33-16-17-34-28-20-23(31(35)36)12-13-25(28)29(22-8-4-3-5-9-22)30(34)26-10-6-7-11-27(26)33/h6-7,10-13,20,22,24H,2-5,8-9,14-19,21H2,1H3,(H,35,36). The lowest BCUT2D eigenvalue weighted by molar-refractivity contribution is -0.0286. The largest absolute Gasteiger partial charge is 0.478 e. The highest BCUT2D eigenvalue weighted by Crippen LogP contribution is 2.47. The second-order valence-electron chi connectivity index (χ2n) is 11.0. The molecule has 1 saturated heterocycles. The molecule has 6 rings (SSSR count). The van der Waals surface area contributed by atoms with E-state index in [-0.39, 0.29) is 0 Å². The molecule has 6 nitrogen and oxygen atoms in total. The van der Waals surface area contributed by atoms with E-state index < -0.39 is 5.97 Å². The molecule has 196 valence electrons. The van der Waals surface area contributed by atoms with Crippen LogP contribution >= 0.6 is 0 Å². The van der Waals surface area contributed by atoms with Crippen molar-refractivity contribution in [2.45, 2.75) is 64.0 Å². The van der Waals surface area contributed by atoms with Gasteiger partial charge in [-0.1, -0.05) is 50.5 Å². The van der Waals surface area contributed by atoms with Gasteiger partial charge in [-0.05, 0) is 48.9 Å². The highest BCUT2D eigenvalue weighted by Gasteiger charge is 2.31. The van der Waals surface area contributed by atoms with Crippen LogP contribution < -0.4 is 4.90 Å². The first-order valence-corrected chi connectivity index (χ1v) is 14.2. The number of benzene rings is 2. The van der Waals surface area contributed by atoms with Gasteiger partial charge in [0.1, 0.15) is 0 Å². The van der Waals surface area contributed by atoms with Gasteiger partial charge < -0.3 is 19.3 Å². The Kier molecular flexibility index (Phi) is 6.96. The molecule has 1 saturated carbocycles. The van der Waals surface area contributed by atoms with Crippen LogP contribution in [0.1, 0.15) is 67.3 Å². The topological polar surface area (TPSA) is 57.9 Å². The summed E-state index contributed by atoms with van der Waals surface area (Å²) >= 11 is 0. The Morgan fingerprint density at radius 2 is 1.86 bits per heavy atom. The number of rotatable bonds is 6. The van der Waals surface area contributed by atoms with E-state index in [1.54, 1.807) is 6.07 Å². The minimum absolute atomic E-state index is 0.346. The number of aromatic nitrogens is 1. The van der Waals surface area contributed by atoms with Crippen LogP contribution in [-0.2, 0) is 11.3 Å². The minimum Gasteiger partial charge on any atom is -0.478 e. The molecule has 1 unspecified atom stereocenters. The van der Waals surface area contributed by atoms with Crippen LogP contribution in [0.3, 0.4) is 0 Å². The first kappa shape index (κ1) is 24.5. The maximum absolute atomic E-state index is 11.9. The van der Waals surface area contributed by atoms with E-state index >= 15 is 0 Å². The lowest BCUT2D eigenvalue weighted by Crippen LogP contribution is -2.45. The molecule has 6 heteroatoms. The molecule has 1 N–H and O–H groups in total. The molecule has 2 aromatic carbocycles. The fourth-order valence-corrected chi connectivity index (χ4v) is 6.85. The van der Waals surface area contributed by atoms with E-state index in [0.29, 0.717) is 17.6 Å². The van der Waals surface area contributed by atoms with Crippen LogP contribution in [-0.4, -0.2) is 66.0 Å². The summed E-state index contributed by atoms with van der Waals surface area (Å²) in [5.41, 5.74) is 6.81. The highest BCUT2D eigenvalue weighted by molar-refractivity contribution is 5.99. The van der Waals surface area contributed by atoms with Gasteiger partial charge in [-0.15, -0.1) is 0 Å². The van der Waals surface area contributed by atoms with E-state index in [1.807, 2.05) is 6.07 Å². The maximum atomic E-state index is 11.9. The Labute approximate surface area is 219 Å². The van der Waals surface area contributed by atoms with Gasteiger partial charge in [0.2, 0.25) is 0 Å². The number of anilines is 1. The quantitative estimate of drug-likeness (QED) is 0.450. The molecule has 3 aromatic rings. The van der Waals surface area contributed by atoms with Crippen molar-refractivity contribution in [3.05, 3.63) is 53.6 Å². The van der Waals surface area contributed by atoms with Crippen molar-refractivity contribution in [3.8, 4) is 11.3 Å². The Balaban J connectivity index is 1.41. The summed E-state index contributed by atoms with van der Waals surface area (Å²) < 4.78 is 8.33. The third-order valence-electron chi connectivity index (χ3n) is 8.82. The fourth-order valence-electron chi connectivity index (χ4n) is 6.85. The van der Waals surface area contributed by atoms with Crippen molar-refractivity contribution in [3.63, 3.8) is 0 Å². The van der Waals surface area contributed by atoms with Gasteiger partial charge in [0.15, 0.2) is 0 Å². The Morgan fingerprint density at radius 3 is 2.68 bits per heavy atom. The van der Waals surface area contributed by atoms with Gasteiger partial charge in [-0.3, -0.25) is 4.90 Å². The zero-order valence-electron chi connectivity index (χ0n) is 22.0. The van der Waals surface area contributed by atoms with Crippen molar-refractivity contribution < 1.29 is 14.6 Å². The van der Waals surface area contributed by atoms with Gasteiger partial charge >= 0.3 is 5.97 Å². The van der Waals surface area contributed by atoms with Crippen LogP contribution in [0.25, 0.3) is 22.2 Å². The van der Waals surface area contributed by atoms with Crippen molar-refractivity contribution in [1.82, 2.24) is 9.47 Å². The number of para-hydroxylation sites is 1. The van der Waals surface area contributed by atoms with Gasteiger partial charge in [-0.2, -0.15) is 0 Å². The molecule has 1 atom stereocenters. The number of carboxylic acids is 1. The molecule has 2 aliphatic heterocycles. The van der Waals surface area contributed by atoms with Gasteiger partial charge in [0, 0.05) is 61.4 Å². The summed E-state index contributed by atoms with van der Waals surface area (Å²) in [4.78, 5) is 17.0. The minimum atomic E-state index is -0.858. The third-order valence-corrected chi connectivity index (χ3v) is 8.82. The molecule has 0 bridgehead atoms. The lowest BCUT2D eigenvalue weighted by atomic mass is 9.81. The van der Waals surface area contributed by atoms with Crippen molar-refractivity contribution in [1.29, 1.82) is 0 Å². The number of carboxylic acid groups (broad SMARTS) is 1. The van der Waals surface area contributed by atoms with Gasteiger partial charge in [0.05, 0.1) is 24.0 Å². The van der Waals surface area contributed by atoms with Crippen LogP contribution in [0.5, 0.6) is 0 Å². The average molecular weight is 502 g/mol. The zero-order valence-corrected chi connectivity index (χ0v) is 22.0. The Morgan fingerprint density at radius 1 is 1.03 bits per heavy atom. The van der Waals surface area contributed by atoms with Crippen molar-refractivity contribution in [2.24, 2.45) is 0 Å². The van der Waals surface area contributed by atoms with Crippen molar-refractivity contribution in [2.75, 3.05) is 44.2 Å². The van der Waals surface area contributed by atoms with E-state index in [0.717, 1.165) is 57.8 Å². The maximum Gasteiger partial charge on any atom is 0.335 e. The number of aromatic carboxylic acids is 1. The average Bonchev–Trinajstić information content (AvgIpc) is 3.17. The fraction of sp³-hybridized carbons (Fsp3) is 0.516. The van der Waals surface area contributed by atoms with Gasteiger partial charge in [0.25, 0.3) is 0 Å². The monoisotopic (exact) mass is 501 g/mol. The lowest BCUT2D eigenvalue weighted by Gasteiger charge is -2.34. The first-order chi connectivity index (χ1) is 18.1. The van der Waals surface area contributed by atoms with Gasteiger partial charge in [-0.25, -0.2) is 4.79 Å². The van der Waals surface area contributed by atoms with Crippen LogP contribution in [0, 0.1) is 0 Å². The van der Waals surface area contributed by atoms with E-state index in [2.05, 4.69) is 51.6 Å². The molecule has 3 aliphatic rings. The second-order valence-corrected chi connectivity index (χ2v) is 11.0. The molecule has 37 heavy (non-hydrogen) atoms. The molecule has 3 heterocycles. The first-order valence-electron chi connectivity index (χ1n) is 14.2. The predicted octanol–water partition coefficient (Wildman–Crippen LogP) is 5.99. The predicted molar refractivity (Wildman–Crippen MR) is 149 cm³/mol. The molecule has 1 aliphatic carbocycles. The summed E-state index contributed by atoms with van der Waals surface area (Å²) in [6.45, 7) is 8.83. The van der Waals surface area contributed by atoms with Crippen molar-refractivity contribution >= 4 is 22.6 Å². The molecule has 0 radical (unpaired) electrons. The number of nitrogens with zero attached hydrogens (tertiary/aromatic N) is 3. The number of hydrogen-bond acceptors (Lipinski definition) is 4. The summed E-state index contributed by atoms with van der Waals surface area (Å²) in [5.74, 6) is -0.328. The molecule has 0 spiro atoms. The summed E-state index contributed by atoms with van der Waals surface area (Å²) in [7, 11) is 0. The number of fused-ring (bicyclic) bond motifs is 5. The summed E-state index contributed by atoms with van der Waals surface area (Å²) in [5, 5.41) is 11.0. The summed E-state index contributed by atoms with van der Waals surface area (Å²) in [6.07, 6.45) is 7.71. The molecule has 0 amide bonds. The Hall–Kier alpha value is -2.83. The second kappa shape index (κ2) is 10.5. The number of ether oxygens (including phenoxy) is 1. The highest BCUT2D eigenvalue weighted by atomic mass is 16.5. The Bertz CT molecular complexity index is 1280. The third kappa shape index (κ3) is 4.66. The SMILES string of the molecule is CCC1CN(CCN2CCn3c(c(C4CCCCC4)c4ccc(C(=O)O)cc43)-c3ccccc32)CCO1.